The molecular weight excluding hydrogens is 410 g/mol. The number of hydrogen-bond acceptors (Lipinski definition) is 6. The van der Waals surface area contributed by atoms with Gasteiger partial charge in [-0.05, 0) is 42.5 Å². The normalized spacial score (nSPS) is 11.9. The molecule has 0 unspecified atom stereocenters. The number of nitrogens with one attached hydrogen (secondary N) is 3. The average Bonchev–Trinajstić information content (AvgIpc) is 3.12. The van der Waals surface area contributed by atoms with Gasteiger partial charge in [0.25, 0.3) is 10.0 Å². The molecule has 1 amide bonds. The molecule has 1 heterocycles. The lowest BCUT2D eigenvalue weighted by Crippen LogP contribution is -2.32. The first-order chi connectivity index (χ1) is 12.6. The van der Waals surface area contributed by atoms with Gasteiger partial charge >= 0.3 is 0 Å². The third-order valence-electron chi connectivity index (χ3n) is 3.53. The Kier molecular flexibility index (Phi) is 6.98. The third-order valence-corrected chi connectivity index (χ3v) is 7.80. The molecule has 0 aliphatic rings. The van der Waals surface area contributed by atoms with Crippen molar-refractivity contribution in [2.75, 3.05) is 22.3 Å². The van der Waals surface area contributed by atoms with Crippen LogP contribution in [0.1, 0.15) is 18.9 Å². The molecule has 2 rings (SSSR count). The fraction of sp³-hybridized carbons (Fsp3) is 0.312. The second-order valence-corrected chi connectivity index (χ2v) is 10.5. The van der Waals surface area contributed by atoms with Crippen LogP contribution in [0.25, 0.3) is 0 Å². The van der Waals surface area contributed by atoms with Crippen LogP contribution in [0.5, 0.6) is 0 Å². The summed E-state index contributed by atoms with van der Waals surface area (Å²) < 4.78 is 52.8. The number of rotatable bonds is 9. The van der Waals surface area contributed by atoms with Gasteiger partial charge in [0.15, 0.2) is 0 Å². The number of benzene rings is 1. The predicted molar refractivity (Wildman–Crippen MR) is 107 cm³/mol. The first-order valence-electron chi connectivity index (χ1n) is 8.08. The second kappa shape index (κ2) is 8.83. The Morgan fingerprint density at radius 2 is 1.78 bits per heavy atom. The molecule has 0 radical (unpaired) electrons. The monoisotopic (exact) mass is 431 g/mol. The van der Waals surface area contributed by atoms with Crippen molar-refractivity contribution in [3.8, 4) is 0 Å². The molecule has 0 aliphatic heterocycles. The summed E-state index contributed by atoms with van der Waals surface area (Å²) >= 11 is 1.05. The molecule has 2 aromatic rings. The molecule has 148 valence electrons. The fourth-order valence-corrected chi connectivity index (χ4v) is 5.43. The van der Waals surface area contributed by atoms with Gasteiger partial charge in [0.1, 0.15) is 4.21 Å². The zero-order valence-corrected chi connectivity index (χ0v) is 17.3. The Balaban J connectivity index is 2.05. The van der Waals surface area contributed by atoms with Crippen LogP contribution in [-0.2, 0) is 24.8 Å². The molecular formula is C16H21N3O5S3. The molecule has 0 spiro atoms. The van der Waals surface area contributed by atoms with Crippen LogP contribution in [-0.4, -0.2) is 35.0 Å². The van der Waals surface area contributed by atoms with Crippen molar-refractivity contribution in [2.45, 2.75) is 24.5 Å². The maximum absolute atomic E-state index is 12.1. The molecule has 27 heavy (non-hydrogen) atoms. The topological polar surface area (TPSA) is 121 Å². The SMILES string of the molecule is CCCS(=O)(=O)Nc1cccc(NC(=O)CNS(=O)(=O)c2cccs2)c1C. The number of carbonyl (C=O) groups is 1. The van der Waals surface area contributed by atoms with Gasteiger partial charge in [-0.1, -0.05) is 19.1 Å². The molecule has 0 atom stereocenters. The molecule has 1 aromatic carbocycles. The summed E-state index contributed by atoms with van der Waals surface area (Å²) in [4.78, 5) is 12.1. The first-order valence-corrected chi connectivity index (χ1v) is 12.1. The molecule has 8 nitrogen and oxygen atoms in total. The highest BCUT2D eigenvalue weighted by atomic mass is 32.2. The second-order valence-electron chi connectivity index (χ2n) is 5.70. The highest BCUT2D eigenvalue weighted by Crippen LogP contribution is 2.24. The van der Waals surface area contributed by atoms with Crippen molar-refractivity contribution in [2.24, 2.45) is 0 Å². The summed E-state index contributed by atoms with van der Waals surface area (Å²) in [6, 6.07) is 7.85. The summed E-state index contributed by atoms with van der Waals surface area (Å²) in [6.07, 6.45) is 0.481. The van der Waals surface area contributed by atoms with Crippen LogP contribution in [0.3, 0.4) is 0 Å². The predicted octanol–water partition coefficient (Wildman–Crippen LogP) is 2.13. The van der Waals surface area contributed by atoms with Gasteiger partial charge in [-0.15, -0.1) is 11.3 Å². The Bertz CT molecular complexity index is 1000. The molecule has 3 N–H and O–H groups in total. The van der Waals surface area contributed by atoms with Gasteiger partial charge in [-0.3, -0.25) is 9.52 Å². The van der Waals surface area contributed by atoms with Crippen LogP contribution >= 0.6 is 11.3 Å². The van der Waals surface area contributed by atoms with Gasteiger partial charge < -0.3 is 5.32 Å². The molecule has 0 aliphatic carbocycles. The van der Waals surface area contributed by atoms with Crippen molar-refractivity contribution >= 4 is 48.7 Å². The zero-order chi connectivity index (χ0) is 20.1. The van der Waals surface area contributed by atoms with E-state index < -0.39 is 32.5 Å². The van der Waals surface area contributed by atoms with Crippen molar-refractivity contribution in [1.29, 1.82) is 0 Å². The Hall–Kier alpha value is -1.95. The lowest BCUT2D eigenvalue weighted by atomic mass is 10.1. The zero-order valence-electron chi connectivity index (χ0n) is 14.9. The van der Waals surface area contributed by atoms with E-state index in [1.165, 1.54) is 6.07 Å². The van der Waals surface area contributed by atoms with Gasteiger partial charge in [-0.2, -0.15) is 0 Å². The van der Waals surface area contributed by atoms with Crippen LogP contribution in [0.15, 0.2) is 39.9 Å². The summed E-state index contributed by atoms with van der Waals surface area (Å²) in [5.41, 5.74) is 1.29. The van der Waals surface area contributed by atoms with E-state index in [0.29, 0.717) is 23.4 Å². The summed E-state index contributed by atoms with van der Waals surface area (Å²) in [7, 11) is -7.20. The Morgan fingerprint density at radius 1 is 1.07 bits per heavy atom. The van der Waals surface area contributed by atoms with Gasteiger partial charge in [-0.25, -0.2) is 21.6 Å². The number of hydrogen-bond donors (Lipinski definition) is 3. The largest absolute Gasteiger partial charge is 0.325 e. The van der Waals surface area contributed by atoms with Crippen LogP contribution in [0.4, 0.5) is 11.4 Å². The highest BCUT2D eigenvalue weighted by molar-refractivity contribution is 7.92. The van der Waals surface area contributed by atoms with Crippen molar-refractivity contribution in [3.63, 3.8) is 0 Å². The van der Waals surface area contributed by atoms with E-state index in [-0.39, 0.29) is 9.96 Å². The van der Waals surface area contributed by atoms with Crippen LogP contribution in [0, 0.1) is 6.92 Å². The quantitative estimate of drug-likeness (QED) is 0.561. The lowest BCUT2D eigenvalue weighted by Gasteiger charge is -2.14. The van der Waals surface area contributed by atoms with E-state index >= 15 is 0 Å². The average molecular weight is 432 g/mol. The summed E-state index contributed by atoms with van der Waals surface area (Å²) in [6.45, 7) is 2.99. The van der Waals surface area contributed by atoms with E-state index in [2.05, 4.69) is 14.8 Å². The summed E-state index contributed by atoms with van der Waals surface area (Å²) in [5, 5.41) is 4.22. The smallest absolute Gasteiger partial charge is 0.250 e. The fourth-order valence-electron chi connectivity index (χ4n) is 2.21. The number of anilines is 2. The van der Waals surface area contributed by atoms with E-state index in [1.807, 2.05) is 0 Å². The maximum atomic E-state index is 12.1. The third kappa shape index (κ3) is 6.03. The first kappa shape index (κ1) is 21.4. The standard InChI is InChI=1S/C16H21N3O5S3/c1-3-10-26(21,22)19-14-7-4-6-13(12(14)2)18-15(20)11-17-27(23,24)16-8-5-9-25-16/h4-9,17,19H,3,10-11H2,1-2H3,(H,18,20). The number of carbonyl (C=O) groups excluding carboxylic acids is 1. The van der Waals surface area contributed by atoms with Gasteiger partial charge in [0.05, 0.1) is 18.0 Å². The Morgan fingerprint density at radius 3 is 2.41 bits per heavy atom. The minimum absolute atomic E-state index is 0.00642. The van der Waals surface area contributed by atoms with E-state index in [4.69, 9.17) is 0 Å². The van der Waals surface area contributed by atoms with E-state index in [1.54, 1.807) is 43.5 Å². The van der Waals surface area contributed by atoms with Crippen LogP contribution in [0.2, 0.25) is 0 Å². The highest BCUT2D eigenvalue weighted by Gasteiger charge is 2.17. The Labute approximate surface area is 163 Å². The van der Waals surface area contributed by atoms with Crippen molar-refractivity contribution in [1.82, 2.24) is 4.72 Å². The van der Waals surface area contributed by atoms with Crippen LogP contribution < -0.4 is 14.8 Å². The van der Waals surface area contributed by atoms with Gasteiger partial charge in [0, 0.05) is 5.69 Å². The van der Waals surface area contributed by atoms with E-state index in [9.17, 15) is 21.6 Å². The summed E-state index contributed by atoms with van der Waals surface area (Å²) in [5.74, 6) is -0.570. The molecule has 0 bridgehead atoms. The number of sulfonamides is 2. The van der Waals surface area contributed by atoms with Gasteiger partial charge in [0.2, 0.25) is 15.9 Å². The number of amides is 1. The molecule has 0 saturated carbocycles. The van der Waals surface area contributed by atoms with Crippen molar-refractivity contribution < 1.29 is 21.6 Å². The minimum atomic E-state index is -3.74. The van der Waals surface area contributed by atoms with Crippen molar-refractivity contribution in [3.05, 3.63) is 41.3 Å². The molecule has 11 heteroatoms. The van der Waals surface area contributed by atoms with E-state index in [0.717, 1.165) is 11.3 Å². The minimum Gasteiger partial charge on any atom is -0.325 e. The molecule has 0 fully saturated rings. The number of thiophene rings is 1. The lowest BCUT2D eigenvalue weighted by molar-refractivity contribution is -0.115. The maximum Gasteiger partial charge on any atom is 0.250 e. The molecule has 0 saturated heterocycles. The molecule has 1 aromatic heterocycles.